The number of rotatable bonds is 7. The molecule has 1 atom stereocenters. The predicted molar refractivity (Wildman–Crippen MR) is 71.3 cm³/mol. The molecule has 2 rings (SSSR count). The topological polar surface area (TPSA) is 24.5 Å². The van der Waals surface area contributed by atoms with Gasteiger partial charge in [-0.2, -0.15) is 0 Å². The van der Waals surface area contributed by atoms with Crippen LogP contribution in [-0.2, 0) is 4.74 Å². The van der Waals surface area contributed by atoms with E-state index in [-0.39, 0.29) is 0 Å². The van der Waals surface area contributed by atoms with Crippen LogP contribution < -0.4 is 5.32 Å². The first kappa shape index (κ1) is 13.3. The van der Waals surface area contributed by atoms with E-state index in [4.69, 9.17) is 4.74 Å². The van der Waals surface area contributed by atoms with Crippen molar-refractivity contribution in [3.8, 4) is 0 Å². The molecule has 1 saturated heterocycles. The molecular weight excluding hydrogens is 212 g/mol. The van der Waals surface area contributed by atoms with Crippen molar-refractivity contribution < 1.29 is 4.74 Å². The number of methoxy groups -OCH3 is 1. The van der Waals surface area contributed by atoms with Gasteiger partial charge in [0.15, 0.2) is 0 Å². The van der Waals surface area contributed by atoms with Gasteiger partial charge in [0.1, 0.15) is 0 Å². The Kier molecular flexibility index (Phi) is 4.45. The van der Waals surface area contributed by atoms with Crippen LogP contribution in [0.1, 0.15) is 39.5 Å². The lowest BCUT2D eigenvalue weighted by atomic mass is 9.89. The molecule has 3 nitrogen and oxygen atoms in total. The van der Waals surface area contributed by atoms with Crippen LogP contribution in [0.5, 0.6) is 0 Å². The number of ether oxygens (including phenoxy) is 1. The molecule has 0 bridgehead atoms. The zero-order valence-electron chi connectivity index (χ0n) is 11.7. The maximum Gasteiger partial charge on any atom is 0.0467 e. The molecule has 3 heteroatoms. The van der Waals surface area contributed by atoms with Crippen LogP contribution in [-0.4, -0.2) is 50.3 Å². The predicted octanol–water partition coefficient (Wildman–Crippen LogP) is 1.88. The van der Waals surface area contributed by atoms with Crippen LogP contribution >= 0.6 is 0 Å². The highest BCUT2D eigenvalue weighted by Crippen LogP contribution is 2.26. The molecule has 0 aromatic carbocycles. The lowest BCUT2D eigenvalue weighted by molar-refractivity contribution is 0.124. The molecule has 0 aromatic rings. The summed E-state index contributed by atoms with van der Waals surface area (Å²) < 4.78 is 5.19. The van der Waals surface area contributed by atoms with Crippen molar-refractivity contribution in [1.29, 1.82) is 0 Å². The highest BCUT2D eigenvalue weighted by atomic mass is 16.5. The van der Waals surface area contributed by atoms with Gasteiger partial charge in [-0.05, 0) is 37.6 Å². The zero-order valence-corrected chi connectivity index (χ0v) is 11.7. The molecule has 1 heterocycles. The molecule has 1 unspecified atom stereocenters. The van der Waals surface area contributed by atoms with Gasteiger partial charge in [-0.25, -0.2) is 0 Å². The van der Waals surface area contributed by atoms with Crippen LogP contribution in [0.25, 0.3) is 0 Å². The summed E-state index contributed by atoms with van der Waals surface area (Å²) in [4.78, 5) is 2.62. The summed E-state index contributed by atoms with van der Waals surface area (Å²) in [5.74, 6) is 0. The Labute approximate surface area is 106 Å². The summed E-state index contributed by atoms with van der Waals surface area (Å²) in [7, 11) is 1.79. The van der Waals surface area contributed by atoms with Crippen LogP contribution in [0.4, 0.5) is 0 Å². The molecule has 1 N–H and O–H groups in total. The highest BCUT2D eigenvalue weighted by molar-refractivity contribution is 4.90. The SMILES string of the molecule is COCCC(C)(C)CN1CCC(NC2CC2)C1. The Morgan fingerprint density at radius 1 is 1.24 bits per heavy atom. The third-order valence-electron chi connectivity index (χ3n) is 3.96. The maximum atomic E-state index is 5.19. The van der Waals surface area contributed by atoms with Crippen LogP contribution in [0.2, 0.25) is 0 Å². The Balaban J connectivity index is 1.68. The second-order valence-corrected chi connectivity index (χ2v) is 6.57. The van der Waals surface area contributed by atoms with Gasteiger partial charge in [0.25, 0.3) is 0 Å². The van der Waals surface area contributed by atoms with E-state index in [0.29, 0.717) is 5.41 Å². The molecule has 17 heavy (non-hydrogen) atoms. The Bertz CT molecular complexity index is 238. The summed E-state index contributed by atoms with van der Waals surface area (Å²) in [5.41, 5.74) is 0.379. The fourth-order valence-corrected chi connectivity index (χ4v) is 2.76. The molecule has 0 aromatic heterocycles. The monoisotopic (exact) mass is 240 g/mol. The normalized spacial score (nSPS) is 26.6. The maximum absolute atomic E-state index is 5.19. The van der Waals surface area contributed by atoms with Gasteiger partial charge in [-0.1, -0.05) is 13.8 Å². The van der Waals surface area contributed by atoms with Gasteiger partial charge >= 0.3 is 0 Å². The number of nitrogens with one attached hydrogen (secondary N) is 1. The molecule has 2 aliphatic rings. The van der Waals surface area contributed by atoms with E-state index in [2.05, 4.69) is 24.1 Å². The Hall–Kier alpha value is -0.120. The average molecular weight is 240 g/mol. The summed E-state index contributed by atoms with van der Waals surface area (Å²) >= 11 is 0. The molecular formula is C14H28N2O. The first-order chi connectivity index (χ1) is 8.09. The molecule has 100 valence electrons. The average Bonchev–Trinajstić information content (AvgIpc) is 2.96. The molecule has 1 saturated carbocycles. The number of hydrogen-bond donors (Lipinski definition) is 1. The number of nitrogens with zero attached hydrogens (tertiary/aromatic N) is 1. The van der Waals surface area contributed by atoms with Crippen molar-refractivity contribution in [2.45, 2.75) is 51.6 Å². The molecule has 2 fully saturated rings. The van der Waals surface area contributed by atoms with Crippen molar-refractivity contribution in [3.63, 3.8) is 0 Å². The van der Waals surface area contributed by atoms with Crippen molar-refractivity contribution in [2.75, 3.05) is 33.4 Å². The first-order valence-corrected chi connectivity index (χ1v) is 7.06. The quantitative estimate of drug-likeness (QED) is 0.735. The minimum absolute atomic E-state index is 0.379. The van der Waals surface area contributed by atoms with E-state index in [1.54, 1.807) is 7.11 Å². The highest BCUT2D eigenvalue weighted by Gasteiger charge is 2.31. The summed E-state index contributed by atoms with van der Waals surface area (Å²) in [6.45, 7) is 9.30. The van der Waals surface area contributed by atoms with Crippen molar-refractivity contribution >= 4 is 0 Å². The number of hydrogen-bond acceptors (Lipinski definition) is 3. The minimum atomic E-state index is 0.379. The van der Waals surface area contributed by atoms with Gasteiger partial charge in [-0.3, -0.25) is 0 Å². The number of likely N-dealkylation sites (tertiary alicyclic amines) is 1. The van der Waals surface area contributed by atoms with Crippen molar-refractivity contribution in [3.05, 3.63) is 0 Å². The Morgan fingerprint density at radius 3 is 2.65 bits per heavy atom. The summed E-state index contributed by atoms with van der Waals surface area (Å²) in [5, 5.41) is 3.75. The molecule has 0 spiro atoms. The van der Waals surface area contributed by atoms with E-state index in [0.717, 1.165) is 25.1 Å². The first-order valence-electron chi connectivity index (χ1n) is 7.06. The van der Waals surface area contributed by atoms with Crippen molar-refractivity contribution in [2.24, 2.45) is 5.41 Å². The van der Waals surface area contributed by atoms with E-state index < -0.39 is 0 Å². The van der Waals surface area contributed by atoms with Gasteiger partial charge in [-0.15, -0.1) is 0 Å². The summed E-state index contributed by atoms with van der Waals surface area (Å²) in [6, 6.07) is 1.60. The molecule has 0 amide bonds. The smallest absolute Gasteiger partial charge is 0.0467 e. The fraction of sp³-hybridized carbons (Fsp3) is 1.00. The molecule has 1 aliphatic heterocycles. The van der Waals surface area contributed by atoms with Gasteiger partial charge in [0.2, 0.25) is 0 Å². The van der Waals surface area contributed by atoms with Crippen molar-refractivity contribution in [1.82, 2.24) is 10.2 Å². The second kappa shape index (κ2) is 5.68. The van der Waals surface area contributed by atoms with E-state index in [1.165, 1.54) is 38.9 Å². The standard InChI is InChI=1S/C14H28N2O/c1-14(2,7-9-17-3)11-16-8-6-13(10-16)15-12-4-5-12/h12-13,15H,4-11H2,1-3H3. The fourth-order valence-electron chi connectivity index (χ4n) is 2.76. The van der Waals surface area contributed by atoms with Crippen LogP contribution in [0.3, 0.4) is 0 Å². The zero-order chi connectivity index (χ0) is 12.3. The van der Waals surface area contributed by atoms with E-state index >= 15 is 0 Å². The largest absolute Gasteiger partial charge is 0.385 e. The van der Waals surface area contributed by atoms with E-state index in [1.807, 2.05) is 0 Å². The minimum Gasteiger partial charge on any atom is -0.385 e. The van der Waals surface area contributed by atoms with Crippen LogP contribution in [0, 0.1) is 5.41 Å². The van der Waals surface area contributed by atoms with Gasteiger partial charge < -0.3 is 15.0 Å². The lowest BCUT2D eigenvalue weighted by Gasteiger charge is -2.30. The Morgan fingerprint density at radius 2 is 2.00 bits per heavy atom. The van der Waals surface area contributed by atoms with E-state index in [9.17, 15) is 0 Å². The summed E-state index contributed by atoms with van der Waals surface area (Å²) in [6.07, 6.45) is 5.28. The third-order valence-corrected chi connectivity index (χ3v) is 3.96. The molecule has 0 radical (unpaired) electrons. The van der Waals surface area contributed by atoms with Gasteiger partial charge in [0, 0.05) is 38.9 Å². The second-order valence-electron chi connectivity index (χ2n) is 6.57. The lowest BCUT2D eigenvalue weighted by Crippen LogP contribution is -2.37. The third kappa shape index (κ3) is 4.57. The molecule has 1 aliphatic carbocycles. The van der Waals surface area contributed by atoms with Gasteiger partial charge in [0.05, 0.1) is 0 Å². The van der Waals surface area contributed by atoms with Crippen LogP contribution in [0.15, 0.2) is 0 Å².